The van der Waals surface area contributed by atoms with Gasteiger partial charge in [0.15, 0.2) is 0 Å². The highest BCUT2D eigenvalue weighted by Gasteiger charge is 2.33. The third-order valence-corrected chi connectivity index (χ3v) is 6.51. The summed E-state index contributed by atoms with van der Waals surface area (Å²) in [7, 11) is -3.80. The Morgan fingerprint density at radius 3 is 2.52 bits per heavy atom. The van der Waals surface area contributed by atoms with Crippen molar-refractivity contribution in [2.24, 2.45) is 0 Å². The number of nitrogens with zero attached hydrogens (tertiary/aromatic N) is 2. The first-order valence-corrected chi connectivity index (χ1v) is 10.5. The SMILES string of the molecule is Cc1[nH]c(C)c(S(=O)(=O)NC(C)c2ccccc2)c1-c1nnc(C2CC2)o1. The number of aryl methyl sites for hydroxylation is 2. The van der Waals surface area contributed by atoms with Gasteiger partial charge in [0.1, 0.15) is 4.90 Å². The molecule has 1 aliphatic carbocycles. The van der Waals surface area contributed by atoms with Crippen LogP contribution < -0.4 is 4.72 Å². The summed E-state index contributed by atoms with van der Waals surface area (Å²) in [6.07, 6.45) is 2.07. The van der Waals surface area contributed by atoms with Crippen LogP contribution in [0.5, 0.6) is 0 Å². The van der Waals surface area contributed by atoms with E-state index in [9.17, 15) is 8.42 Å². The Hall–Kier alpha value is -2.45. The van der Waals surface area contributed by atoms with Crippen LogP contribution >= 0.6 is 0 Å². The summed E-state index contributed by atoms with van der Waals surface area (Å²) in [4.78, 5) is 3.26. The van der Waals surface area contributed by atoms with E-state index in [2.05, 4.69) is 19.9 Å². The van der Waals surface area contributed by atoms with Gasteiger partial charge in [-0.25, -0.2) is 13.1 Å². The zero-order valence-corrected chi connectivity index (χ0v) is 16.3. The molecule has 0 spiro atoms. The summed E-state index contributed by atoms with van der Waals surface area (Å²) in [5.74, 6) is 1.13. The molecule has 0 aliphatic heterocycles. The molecule has 7 nitrogen and oxygen atoms in total. The van der Waals surface area contributed by atoms with Crippen molar-refractivity contribution in [2.45, 2.75) is 50.5 Å². The second kappa shape index (κ2) is 6.61. The molecule has 0 amide bonds. The minimum absolute atomic E-state index is 0.161. The summed E-state index contributed by atoms with van der Waals surface area (Å²) in [6.45, 7) is 5.36. The van der Waals surface area contributed by atoms with Crippen LogP contribution in [0.3, 0.4) is 0 Å². The van der Waals surface area contributed by atoms with E-state index >= 15 is 0 Å². The summed E-state index contributed by atoms with van der Waals surface area (Å²) in [6, 6.07) is 9.08. The number of rotatable bonds is 6. The van der Waals surface area contributed by atoms with E-state index in [1.165, 1.54) is 0 Å². The minimum Gasteiger partial charge on any atom is -0.420 e. The third-order valence-electron chi connectivity index (χ3n) is 4.80. The van der Waals surface area contributed by atoms with E-state index in [1.54, 1.807) is 6.92 Å². The Balaban J connectivity index is 1.71. The van der Waals surface area contributed by atoms with Crippen LogP contribution in [0.2, 0.25) is 0 Å². The van der Waals surface area contributed by atoms with Crippen molar-refractivity contribution in [1.82, 2.24) is 19.9 Å². The number of H-pyrrole nitrogens is 1. The molecule has 27 heavy (non-hydrogen) atoms. The number of sulfonamides is 1. The van der Waals surface area contributed by atoms with Crippen molar-refractivity contribution in [1.29, 1.82) is 0 Å². The molecule has 3 aromatic rings. The molecule has 142 valence electrons. The average Bonchev–Trinajstić information content (AvgIpc) is 3.28. The predicted octanol–water partition coefficient (Wildman–Crippen LogP) is 3.60. The predicted molar refractivity (Wildman–Crippen MR) is 101 cm³/mol. The van der Waals surface area contributed by atoms with E-state index in [4.69, 9.17) is 4.42 Å². The second-order valence-corrected chi connectivity index (χ2v) is 8.70. The van der Waals surface area contributed by atoms with Crippen LogP contribution in [0, 0.1) is 13.8 Å². The van der Waals surface area contributed by atoms with Gasteiger partial charge in [-0.2, -0.15) is 0 Å². The second-order valence-electron chi connectivity index (χ2n) is 7.05. The smallest absolute Gasteiger partial charge is 0.250 e. The van der Waals surface area contributed by atoms with Gasteiger partial charge in [0, 0.05) is 23.3 Å². The van der Waals surface area contributed by atoms with E-state index < -0.39 is 10.0 Å². The van der Waals surface area contributed by atoms with Gasteiger partial charge in [-0.1, -0.05) is 30.3 Å². The van der Waals surface area contributed by atoms with Gasteiger partial charge in [-0.15, -0.1) is 10.2 Å². The number of hydrogen-bond donors (Lipinski definition) is 2. The largest absolute Gasteiger partial charge is 0.420 e. The maximum Gasteiger partial charge on any atom is 0.250 e. The molecule has 0 saturated heterocycles. The topological polar surface area (TPSA) is 101 Å². The number of aromatic amines is 1. The molecule has 1 aromatic carbocycles. The van der Waals surface area contributed by atoms with Crippen LogP contribution in [-0.2, 0) is 10.0 Å². The van der Waals surface area contributed by atoms with Crippen molar-refractivity contribution in [3.63, 3.8) is 0 Å². The maximum absolute atomic E-state index is 13.2. The molecular weight excluding hydrogens is 364 g/mol. The standard InChI is InChI=1S/C19H22N4O3S/c1-11(14-7-5-4-6-8-14)23-27(24,25)17-13(3)20-12(2)16(17)19-22-21-18(26-19)15-9-10-15/h4-8,11,15,20,23H,9-10H2,1-3H3. The molecule has 1 fully saturated rings. The minimum atomic E-state index is -3.80. The van der Waals surface area contributed by atoms with Crippen LogP contribution in [0.4, 0.5) is 0 Å². The Morgan fingerprint density at radius 2 is 1.85 bits per heavy atom. The average molecular weight is 386 g/mol. The van der Waals surface area contributed by atoms with Gasteiger partial charge in [0.25, 0.3) is 5.89 Å². The van der Waals surface area contributed by atoms with Gasteiger partial charge >= 0.3 is 0 Å². The number of hydrogen-bond acceptors (Lipinski definition) is 5. The first kappa shape index (κ1) is 17.9. The monoisotopic (exact) mass is 386 g/mol. The molecule has 1 atom stereocenters. The van der Waals surface area contributed by atoms with Crippen molar-refractivity contribution in [2.75, 3.05) is 0 Å². The normalized spacial score (nSPS) is 15.8. The molecule has 2 aromatic heterocycles. The van der Waals surface area contributed by atoms with Crippen molar-refractivity contribution >= 4 is 10.0 Å². The highest BCUT2D eigenvalue weighted by Crippen LogP contribution is 2.41. The molecule has 2 heterocycles. The summed E-state index contributed by atoms with van der Waals surface area (Å²) in [5.41, 5.74) is 2.56. The molecule has 1 aliphatic rings. The van der Waals surface area contributed by atoms with Gasteiger partial charge < -0.3 is 9.40 Å². The van der Waals surface area contributed by atoms with E-state index in [1.807, 2.05) is 44.2 Å². The Kier molecular flexibility index (Phi) is 4.39. The number of aromatic nitrogens is 3. The Morgan fingerprint density at radius 1 is 1.15 bits per heavy atom. The molecule has 1 saturated carbocycles. The van der Waals surface area contributed by atoms with E-state index in [0.29, 0.717) is 28.8 Å². The lowest BCUT2D eigenvalue weighted by Gasteiger charge is -2.15. The fourth-order valence-electron chi connectivity index (χ4n) is 3.28. The van der Waals surface area contributed by atoms with Crippen molar-refractivity contribution < 1.29 is 12.8 Å². The van der Waals surface area contributed by atoms with Crippen LogP contribution in [0.15, 0.2) is 39.6 Å². The van der Waals surface area contributed by atoms with Gasteiger partial charge in [-0.05, 0) is 39.2 Å². The molecular formula is C19H22N4O3S. The number of nitrogens with one attached hydrogen (secondary N) is 2. The molecule has 2 N–H and O–H groups in total. The number of benzene rings is 1. The van der Waals surface area contributed by atoms with Gasteiger partial charge in [0.05, 0.1) is 5.56 Å². The Labute approximate surface area is 158 Å². The molecule has 8 heteroatoms. The van der Waals surface area contributed by atoms with Crippen molar-refractivity contribution in [3.8, 4) is 11.5 Å². The summed E-state index contributed by atoms with van der Waals surface area (Å²) >= 11 is 0. The highest BCUT2D eigenvalue weighted by molar-refractivity contribution is 7.89. The highest BCUT2D eigenvalue weighted by atomic mass is 32.2. The quantitative estimate of drug-likeness (QED) is 0.674. The molecule has 4 rings (SSSR count). The van der Waals surface area contributed by atoms with E-state index in [-0.39, 0.29) is 16.8 Å². The van der Waals surface area contributed by atoms with Gasteiger partial charge in [0.2, 0.25) is 15.9 Å². The third kappa shape index (κ3) is 3.42. The summed E-state index contributed by atoms with van der Waals surface area (Å²) in [5, 5.41) is 8.20. The van der Waals surface area contributed by atoms with Crippen molar-refractivity contribution in [3.05, 3.63) is 53.2 Å². The summed E-state index contributed by atoms with van der Waals surface area (Å²) < 4.78 is 34.9. The molecule has 0 bridgehead atoms. The zero-order valence-electron chi connectivity index (χ0n) is 15.5. The van der Waals surface area contributed by atoms with Crippen LogP contribution in [-0.4, -0.2) is 23.6 Å². The van der Waals surface area contributed by atoms with E-state index in [0.717, 1.165) is 18.4 Å². The zero-order chi connectivity index (χ0) is 19.2. The first-order chi connectivity index (χ1) is 12.9. The fraction of sp³-hybridized carbons (Fsp3) is 0.368. The Bertz CT molecular complexity index is 1070. The maximum atomic E-state index is 13.2. The van der Waals surface area contributed by atoms with Crippen LogP contribution in [0.25, 0.3) is 11.5 Å². The van der Waals surface area contributed by atoms with Gasteiger partial charge in [-0.3, -0.25) is 0 Å². The lowest BCUT2D eigenvalue weighted by molar-refractivity contribution is 0.506. The fourth-order valence-corrected chi connectivity index (χ4v) is 4.97. The lowest BCUT2D eigenvalue weighted by Crippen LogP contribution is -2.27. The lowest BCUT2D eigenvalue weighted by atomic mass is 10.1. The van der Waals surface area contributed by atoms with Crippen LogP contribution in [0.1, 0.15) is 54.6 Å². The molecule has 0 radical (unpaired) electrons. The molecule has 1 unspecified atom stereocenters. The first-order valence-electron chi connectivity index (χ1n) is 8.97.